The van der Waals surface area contributed by atoms with E-state index in [4.69, 9.17) is 24.3 Å². The first-order valence-corrected chi connectivity index (χ1v) is 8.69. The molecule has 1 fully saturated rings. The molecule has 0 amide bonds. The standard InChI is InChI=1S/C7H16O13P2/c8-2(1-18-21(12,13)14)6-4(10)3(9)5(11)7(19-6)20-22(15,16)17/h2-11H,1H2,(H2,12,13,14)(H2,15,16,17)/t2-,3+,4+,5+,6+,7+/m1/s1. The minimum atomic E-state index is -5.13. The molecule has 6 atom stereocenters. The highest BCUT2D eigenvalue weighted by molar-refractivity contribution is 7.46. The van der Waals surface area contributed by atoms with Crippen LogP contribution in [0.5, 0.6) is 0 Å². The number of aliphatic hydroxyl groups excluding tert-OH is 4. The molecule has 0 spiro atoms. The van der Waals surface area contributed by atoms with E-state index >= 15 is 0 Å². The lowest BCUT2D eigenvalue weighted by Crippen LogP contribution is -2.61. The van der Waals surface area contributed by atoms with Crippen molar-refractivity contribution in [3.05, 3.63) is 0 Å². The van der Waals surface area contributed by atoms with Crippen molar-refractivity contribution in [2.45, 2.75) is 36.8 Å². The number of hydrogen-bond acceptors (Lipinski definition) is 9. The number of hydrogen-bond donors (Lipinski definition) is 8. The zero-order chi connectivity index (χ0) is 17.3. The highest BCUT2D eigenvalue weighted by Crippen LogP contribution is 2.41. The lowest BCUT2D eigenvalue weighted by Gasteiger charge is -2.41. The van der Waals surface area contributed by atoms with Crippen molar-refractivity contribution in [3.8, 4) is 0 Å². The molecule has 132 valence electrons. The zero-order valence-corrected chi connectivity index (χ0v) is 12.5. The molecule has 8 N–H and O–H groups in total. The Morgan fingerprint density at radius 2 is 1.50 bits per heavy atom. The van der Waals surface area contributed by atoms with E-state index in [9.17, 15) is 29.6 Å². The van der Waals surface area contributed by atoms with Crippen LogP contribution in [0.4, 0.5) is 0 Å². The summed E-state index contributed by atoms with van der Waals surface area (Å²) >= 11 is 0. The van der Waals surface area contributed by atoms with Crippen LogP contribution in [-0.4, -0.2) is 83.4 Å². The van der Waals surface area contributed by atoms with Gasteiger partial charge in [0.1, 0.15) is 30.5 Å². The van der Waals surface area contributed by atoms with Crippen LogP contribution in [0.2, 0.25) is 0 Å². The van der Waals surface area contributed by atoms with E-state index in [2.05, 4.69) is 9.05 Å². The summed E-state index contributed by atoms with van der Waals surface area (Å²) in [5, 5.41) is 38.3. The molecule has 0 aromatic rings. The summed E-state index contributed by atoms with van der Waals surface area (Å²) in [7, 11) is -10.1. The molecule has 0 bridgehead atoms. The van der Waals surface area contributed by atoms with Gasteiger partial charge in [0.05, 0.1) is 6.61 Å². The molecule has 1 rings (SSSR count). The maximum absolute atomic E-state index is 10.7. The van der Waals surface area contributed by atoms with Crippen LogP contribution in [0, 0.1) is 0 Å². The average Bonchev–Trinajstić information content (AvgIpc) is 2.34. The Morgan fingerprint density at radius 3 is 1.95 bits per heavy atom. The molecule has 1 heterocycles. The van der Waals surface area contributed by atoms with Gasteiger partial charge in [-0.25, -0.2) is 9.13 Å². The number of phosphoric acid groups is 2. The number of rotatable bonds is 6. The first kappa shape index (κ1) is 20.1. The third-order valence-electron chi connectivity index (χ3n) is 2.64. The highest BCUT2D eigenvalue weighted by Gasteiger charge is 2.49. The van der Waals surface area contributed by atoms with Crippen LogP contribution >= 0.6 is 15.6 Å². The maximum atomic E-state index is 10.7. The van der Waals surface area contributed by atoms with Crippen LogP contribution in [0.15, 0.2) is 0 Å². The fourth-order valence-electron chi connectivity index (χ4n) is 1.68. The van der Waals surface area contributed by atoms with Gasteiger partial charge in [-0.2, -0.15) is 0 Å². The Hall–Kier alpha value is 0.0200. The molecule has 0 saturated carbocycles. The largest absolute Gasteiger partial charge is 0.472 e. The van der Waals surface area contributed by atoms with Gasteiger partial charge < -0.3 is 44.7 Å². The van der Waals surface area contributed by atoms with E-state index < -0.39 is 59.1 Å². The maximum Gasteiger partial charge on any atom is 0.472 e. The number of aliphatic hydroxyl groups is 4. The first-order chi connectivity index (χ1) is 9.82. The fraction of sp³-hybridized carbons (Fsp3) is 1.00. The molecule has 13 nitrogen and oxygen atoms in total. The quantitative estimate of drug-likeness (QED) is 0.212. The van der Waals surface area contributed by atoms with E-state index in [1.165, 1.54) is 0 Å². The van der Waals surface area contributed by atoms with Gasteiger partial charge in [-0.3, -0.25) is 9.05 Å². The Labute approximate surface area is 123 Å². The van der Waals surface area contributed by atoms with Crippen molar-refractivity contribution in [1.82, 2.24) is 0 Å². The summed E-state index contributed by atoms with van der Waals surface area (Å²) < 4.78 is 34.0. The molecule has 0 unspecified atom stereocenters. The lowest BCUT2D eigenvalue weighted by molar-refractivity contribution is -0.292. The van der Waals surface area contributed by atoms with Crippen LogP contribution in [0.1, 0.15) is 0 Å². The third-order valence-corrected chi connectivity index (χ3v) is 3.61. The lowest BCUT2D eigenvalue weighted by atomic mass is 9.96. The summed E-state index contributed by atoms with van der Waals surface area (Å²) in [4.78, 5) is 34.3. The van der Waals surface area contributed by atoms with Crippen molar-refractivity contribution < 1.29 is 62.9 Å². The van der Waals surface area contributed by atoms with Crippen molar-refractivity contribution in [2.24, 2.45) is 0 Å². The third kappa shape index (κ3) is 5.91. The van der Waals surface area contributed by atoms with Gasteiger partial charge in [-0.05, 0) is 0 Å². The highest BCUT2D eigenvalue weighted by atomic mass is 31.2. The Balaban J connectivity index is 2.80. The minimum Gasteiger partial charge on any atom is -0.388 e. The van der Waals surface area contributed by atoms with Crippen LogP contribution in [0.3, 0.4) is 0 Å². The first-order valence-electron chi connectivity index (χ1n) is 5.63. The molecule has 0 aromatic heterocycles. The molecule has 1 aliphatic heterocycles. The fourth-order valence-corrected chi connectivity index (χ4v) is 2.47. The zero-order valence-electron chi connectivity index (χ0n) is 10.7. The molecular formula is C7H16O13P2. The minimum absolute atomic E-state index is 1.03. The smallest absolute Gasteiger partial charge is 0.388 e. The van der Waals surface area contributed by atoms with Crippen molar-refractivity contribution in [3.63, 3.8) is 0 Å². The van der Waals surface area contributed by atoms with Crippen molar-refractivity contribution in [1.29, 1.82) is 0 Å². The topological polar surface area (TPSA) is 224 Å². The second kappa shape index (κ2) is 7.28. The van der Waals surface area contributed by atoms with Crippen molar-refractivity contribution >= 4 is 15.6 Å². The van der Waals surface area contributed by atoms with Crippen LogP contribution in [-0.2, 0) is 22.9 Å². The van der Waals surface area contributed by atoms with Gasteiger partial charge in [0.2, 0.25) is 0 Å². The predicted molar refractivity (Wildman–Crippen MR) is 63.8 cm³/mol. The van der Waals surface area contributed by atoms with Gasteiger partial charge in [0.25, 0.3) is 0 Å². The second-order valence-electron chi connectivity index (χ2n) is 4.39. The SMILES string of the molecule is O=P(O)(O)OC[C@@H](O)[C@@H]1O[C@@H](OP(=O)(O)O)[C@@H](O)[C@@H](O)[C@@H]1O. The van der Waals surface area contributed by atoms with Crippen LogP contribution < -0.4 is 0 Å². The molecular weight excluding hydrogens is 354 g/mol. The van der Waals surface area contributed by atoms with Gasteiger partial charge >= 0.3 is 15.6 Å². The van der Waals surface area contributed by atoms with Gasteiger partial charge in [0, 0.05) is 0 Å². The predicted octanol–water partition coefficient (Wildman–Crippen LogP) is -3.63. The van der Waals surface area contributed by atoms with E-state index in [0.717, 1.165) is 0 Å². The summed E-state index contributed by atoms with van der Waals surface area (Å²) in [5.41, 5.74) is 0. The van der Waals surface area contributed by atoms with E-state index in [1.54, 1.807) is 0 Å². The number of phosphoric ester groups is 2. The van der Waals surface area contributed by atoms with Gasteiger partial charge in [-0.1, -0.05) is 0 Å². The molecule has 0 aromatic carbocycles. The Morgan fingerprint density at radius 1 is 0.955 bits per heavy atom. The number of ether oxygens (including phenoxy) is 1. The normalized spacial score (nSPS) is 35.4. The monoisotopic (exact) mass is 370 g/mol. The summed E-state index contributed by atoms with van der Waals surface area (Å²) in [6, 6.07) is 0. The molecule has 15 heteroatoms. The molecule has 1 saturated heterocycles. The van der Waals surface area contributed by atoms with Gasteiger partial charge in [0.15, 0.2) is 6.29 Å². The average molecular weight is 370 g/mol. The van der Waals surface area contributed by atoms with Crippen molar-refractivity contribution in [2.75, 3.05) is 6.61 Å². The molecule has 0 aliphatic carbocycles. The summed E-state index contributed by atoms with van der Waals surface area (Å²) in [5.74, 6) is 0. The molecule has 0 radical (unpaired) electrons. The Kier molecular flexibility index (Phi) is 6.64. The van der Waals surface area contributed by atoms with Crippen LogP contribution in [0.25, 0.3) is 0 Å². The van der Waals surface area contributed by atoms with E-state index in [1.807, 2.05) is 0 Å². The Bertz CT molecular complexity index is 457. The second-order valence-corrected chi connectivity index (χ2v) is 6.82. The summed E-state index contributed by atoms with van der Waals surface area (Å²) in [6.45, 7) is -1.03. The van der Waals surface area contributed by atoms with Gasteiger partial charge in [-0.15, -0.1) is 0 Å². The van der Waals surface area contributed by atoms with E-state index in [-0.39, 0.29) is 0 Å². The van der Waals surface area contributed by atoms with E-state index in [0.29, 0.717) is 0 Å². The summed E-state index contributed by atoms with van der Waals surface area (Å²) in [6.07, 6.45) is -11.8. The molecule has 1 aliphatic rings. The molecule has 22 heavy (non-hydrogen) atoms.